The van der Waals surface area contributed by atoms with Gasteiger partial charge in [0.05, 0.1) is 0 Å². The molecule has 3 rings (SSSR count). The number of fused-ring (bicyclic) bond motifs is 1. The number of hydrogen-bond donors (Lipinski definition) is 1. The SMILES string of the molecule is CCCc1c(-c2coc3ccccc23)nn(C)c1N. The molecule has 0 spiro atoms. The highest BCUT2D eigenvalue weighted by Crippen LogP contribution is 2.34. The summed E-state index contributed by atoms with van der Waals surface area (Å²) in [6.07, 6.45) is 3.73. The first-order valence-electron chi connectivity index (χ1n) is 6.50. The summed E-state index contributed by atoms with van der Waals surface area (Å²) in [5.41, 5.74) is 10.1. The van der Waals surface area contributed by atoms with E-state index < -0.39 is 0 Å². The fourth-order valence-corrected chi connectivity index (χ4v) is 2.45. The van der Waals surface area contributed by atoms with E-state index in [1.807, 2.05) is 25.2 Å². The van der Waals surface area contributed by atoms with Gasteiger partial charge in [-0.05, 0) is 12.5 Å². The van der Waals surface area contributed by atoms with Gasteiger partial charge < -0.3 is 10.2 Å². The van der Waals surface area contributed by atoms with Crippen molar-refractivity contribution in [2.24, 2.45) is 7.05 Å². The lowest BCUT2D eigenvalue weighted by atomic mass is 10.0. The number of furan rings is 1. The van der Waals surface area contributed by atoms with Crippen molar-refractivity contribution < 1.29 is 4.42 Å². The summed E-state index contributed by atoms with van der Waals surface area (Å²) in [4.78, 5) is 0. The third kappa shape index (κ3) is 1.80. The average molecular weight is 255 g/mol. The van der Waals surface area contributed by atoms with Crippen molar-refractivity contribution in [2.45, 2.75) is 19.8 Å². The zero-order valence-corrected chi connectivity index (χ0v) is 11.2. The Labute approximate surface area is 111 Å². The quantitative estimate of drug-likeness (QED) is 0.780. The summed E-state index contributed by atoms with van der Waals surface area (Å²) in [5.74, 6) is 0.738. The van der Waals surface area contributed by atoms with Crippen LogP contribution in [0.3, 0.4) is 0 Å². The second kappa shape index (κ2) is 4.46. The molecular weight excluding hydrogens is 238 g/mol. The summed E-state index contributed by atoms with van der Waals surface area (Å²) >= 11 is 0. The van der Waals surface area contributed by atoms with Gasteiger partial charge in [-0.25, -0.2) is 0 Å². The molecular formula is C15H17N3O. The first kappa shape index (κ1) is 11.8. The second-order valence-electron chi connectivity index (χ2n) is 4.73. The number of aryl methyl sites for hydroxylation is 1. The highest BCUT2D eigenvalue weighted by Gasteiger charge is 2.18. The van der Waals surface area contributed by atoms with Crippen LogP contribution in [-0.2, 0) is 13.5 Å². The fraction of sp³-hybridized carbons (Fsp3) is 0.267. The summed E-state index contributed by atoms with van der Waals surface area (Å²) in [7, 11) is 1.88. The van der Waals surface area contributed by atoms with Gasteiger partial charge in [-0.1, -0.05) is 31.5 Å². The van der Waals surface area contributed by atoms with Gasteiger partial charge in [-0.3, -0.25) is 4.68 Å². The van der Waals surface area contributed by atoms with E-state index in [1.54, 1.807) is 10.9 Å². The minimum Gasteiger partial charge on any atom is -0.464 e. The number of nitrogens with two attached hydrogens (primary N) is 1. The average Bonchev–Trinajstić information content (AvgIpc) is 2.95. The topological polar surface area (TPSA) is 57.0 Å². The lowest BCUT2D eigenvalue weighted by Gasteiger charge is -2.00. The molecule has 0 amide bonds. The van der Waals surface area contributed by atoms with E-state index in [-0.39, 0.29) is 0 Å². The molecule has 0 radical (unpaired) electrons. The normalized spacial score (nSPS) is 11.3. The van der Waals surface area contributed by atoms with Crippen LogP contribution in [0, 0.1) is 0 Å². The number of nitrogen functional groups attached to an aromatic ring is 1. The Hall–Kier alpha value is -2.23. The largest absolute Gasteiger partial charge is 0.464 e. The molecule has 2 N–H and O–H groups in total. The van der Waals surface area contributed by atoms with E-state index in [2.05, 4.69) is 18.1 Å². The van der Waals surface area contributed by atoms with Crippen molar-refractivity contribution in [3.05, 3.63) is 36.1 Å². The Morgan fingerprint density at radius 3 is 2.89 bits per heavy atom. The number of rotatable bonds is 3. The van der Waals surface area contributed by atoms with E-state index in [0.29, 0.717) is 0 Å². The molecule has 0 unspecified atom stereocenters. The lowest BCUT2D eigenvalue weighted by Crippen LogP contribution is -1.99. The summed E-state index contributed by atoms with van der Waals surface area (Å²) < 4.78 is 7.33. The molecule has 3 aromatic rings. The number of benzene rings is 1. The Morgan fingerprint density at radius 1 is 1.32 bits per heavy atom. The third-order valence-electron chi connectivity index (χ3n) is 3.43. The lowest BCUT2D eigenvalue weighted by molar-refractivity contribution is 0.616. The molecule has 4 heteroatoms. The standard InChI is InChI=1S/C15H17N3O/c1-3-6-11-14(17-18(2)15(11)16)12-9-19-13-8-5-4-7-10(12)13/h4-5,7-9H,3,6,16H2,1-2H3. The predicted molar refractivity (Wildman–Crippen MR) is 76.8 cm³/mol. The molecule has 1 aromatic carbocycles. The molecule has 0 bridgehead atoms. The molecule has 0 aliphatic rings. The van der Waals surface area contributed by atoms with Gasteiger partial charge in [-0.2, -0.15) is 5.10 Å². The third-order valence-corrected chi connectivity index (χ3v) is 3.43. The Kier molecular flexibility index (Phi) is 2.78. The van der Waals surface area contributed by atoms with Gasteiger partial charge in [-0.15, -0.1) is 0 Å². The van der Waals surface area contributed by atoms with E-state index in [9.17, 15) is 0 Å². The van der Waals surface area contributed by atoms with Crippen molar-refractivity contribution in [3.63, 3.8) is 0 Å². The van der Waals surface area contributed by atoms with Crippen molar-refractivity contribution >= 4 is 16.8 Å². The fourth-order valence-electron chi connectivity index (χ4n) is 2.45. The zero-order valence-electron chi connectivity index (χ0n) is 11.2. The summed E-state index contributed by atoms with van der Waals surface area (Å²) in [6, 6.07) is 7.99. The van der Waals surface area contributed by atoms with Crippen molar-refractivity contribution in [1.29, 1.82) is 0 Å². The zero-order chi connectivity index (χ0) is 13.4. The van der Waals surface area contributed by atoms with Gasteiger partial charge >= 0.3 is 0 Å². The van der Waals surface area contributed by atoms with Gasteiger partial charge in [0.1, 0.15) is 23.4 Å². The highest BCUT2D eigenvalue weighted by molar-refractivity contribution is 5.94. The second-order valence-corrected chi connectivity index (χ2v) is 4.73. The van der Waals surface area contributed by atoms with Crippen LogP contribution >= 0.6 is 0 Å². The monoisotopic (exact) mass is 255 g/mol. The van der Waals surface area contributed by atoms with Crippen LogP contribution in [0.4, 0.5) is 5.82 Å². The Balaban J connectivity index is 2.24. The molecule has 4 nitrogen and oxygen atoms in total. The van der Waals surface area contributed by atoms with Crippen LogP contribution in [0.25, 0.3) is 22.2 Å². The van der Waals surface area contributed by atoms with Crippen LogP contribution in [0.1, 0.15) is 18.9 Å². The molecule has 98 valence electrons. The smallest absolute Gasteiger partial charge is 0.134 e. The molecule has 2 heterocycles. The van der Waals surface area contributed by atoms with Crippen LogP contribution in [-0.4, -0.2) is 9.78 Å². The van der Waals surface area contributed by atoms with Crippen molar-refractivity contribution in [1.82, 2.24) is 9.78 Å². The number of hydrogen-bond acceptors (Lipinski definition) is 3. The van der Waals surface area contributed by atoms with Crippen LogP contribution in [0.15, 0.2) is 34.9 Å². The molecule has 2 aromatic heterocycles. The van der Waals surface area contributed by atoms with Gasteiger partial charge in [0.15, 0.2) is 0 Å². The molecule has 0 saturated carbocycles. The first-order chi connectivity index (χ1) is 9.22. The Morgan fingerprint density at radius 2 is 2.11 bits per heavy atom. The van der Waals surface area contributed by atoms with Crippen molar-refractivity contribution in [2.75, 3.05) is 5.73 Å². The molecule has 0 aliphatic heterocycles. The minimum atomic E-state index is 0.738. The maximum absolute atomic E-state index is 6.11. The van der Waals surface area contributed by atoms with Crippen LogP contribution in [0.2, 0.25) is 0 Å². The predicted octanol–water partition coefficient (Wildman–Crippen LogP) is 3.37. The maximum atomic E-state index is 6.11. The first-order valence-corrected chi connectivity index (χ1v) is 6.50. The van der Waals surface area contributed by atoms with Gasteiger partial charge in [0, 0.05) is 23.6 Å². The number of aromatic nitrogens is 2. The van der Waals surface area contributed by atoms with E-state index in [4.69, 9.17) is 10.2 Å². The van der Waals surface area contributed by atoms with Crippen molar-refractivity contribution in [3.8, 4) is 11.3 Å². The molecule has 19 heavy (non-hydrogen) atoms. The van der Waals surface area contributed by atoms with E-state index in [0.717, 1.165) is 46.4 Å². The number of nitrogens with zero attached hydrogens (tertiary/aromatic N) is 2. The molecule has 0 saturated heterocycles. The number of anilines is 1. The molecule has 0 atom stereocenters. The molecule has 0 aliphatic carbocycles. The summed E-state index contributed by atoms with van der Waals surface area (Å²) in [6.45, 7) is 2.14. The van der Waals surface area contributed by atoms with Gasteiger partial charge in [0.25, 0.3) is 0 Å². The van der Waals surface area contributed by atoms with Crippen LogP contribution in [0.5, 0.6) is 0 Å². The highest BCUT2D eigenvalue weighted by atomic mass is 16.3. The van der Waals surface area contributed by atoms with Gasteiger partial charge in [0.2, 0.25) is 0 Å². The van der Waals surface area contributed by atoms with Crippen LogP contribution < -0.4 is 5.73 Å². The summed E-state index contributed by atoms with van der Waals surface area (Å²) in [5, 5.41) is 5.63. The van der Waals surface area contributed by atoms with E-state index >= 15 is 0 Å². The number of para-hydroxylation sites is 1. The maximum Gasteiger partial charge on any atom is 0.134 e. The Bertz CT molecular complexity index is 724. The van der Waals surface area contributed by atoms with E-state index in [1.165, 1.54) is 0 Å². The minimum absolute atomic E-state index is 0.738. The molecule has 0 fully saturated rings.